The number of nitrogens with two attached hydrogens (primary N) is 1. The van der Waals surface area contributed by atoms with E-state index in [1.165, 1.54) is 0 Å². The lowest BCUT2D eigenvalue weighted by atomic mass is 10.1. The molecule has 90 valence electrons. The highest BCUT2D eigenvalue weighted by atomic mass is 19.1. The van der Waals surface area contributed by atoms with Gasteiger partial charge in [0.15, 0.2) is 0 Å². The number of nitrogens with one attached hydrogen (secondary N) is 1. The van der Waals surface area contributed by atoms with Gasteiger partial charge in [0, 0.05) is 5.56 Å². The average Bonchev–Trinajstić information content (AvgIpc) is 2.26. The van der Waals surface area contributed by atoms with E-state index in [1.807, 2.05) is 0 Å². The van der Waals surface area contributed by atoms with Crippen molar-refractivity contribution in [3.63, 3.8) is 0 Å². The molecule has 0 heterocycles. The summed E-state index contributed by atoms with van der Waals surface area (Å²) in [6, 6.07) is 3.45. The minimum absolute atomic E-state index is 0.109. The fourth-order valence-electron chi connectivity index (χ4n) is 1.08. The highest BCUT2D eigenvalue weighted by Crippen LogP contribution is 2.14. The molecule has 0 aliphatic rings. The summed E-state index contributed by atoms with van der Waals surface area (Å²) in [5.74, 6) is -2.44. The van der Waals surface area contributed by atoms with Crippen molar-refractivity contribution in [3.8, 4) is 6.07 Å². The second-order valence-electron chi connectivity index (χ2n) is 3.11. The van der Waals surface area contributed by atoms with Gasteiger partial charge in [-0.05, 0) is 12.1 Å². The molecule has 0 unspecified atom stereocenters. The monoisotopic (exact) mass is 241 g/mol. The molecule has 0 atom stereocenters. The molecular weight excluding hydrogens is 232 g/mol. The number of rotatable bonds is 5. The van der Waals surface area contributed by atoms with Crippen LogP contribution in [0.1, 0.15) is 11.1 Å². The lowest BCUT2D eigenvalue weighted by Gasteiger charge is -2.07. The second-order valence-corrected chi connectivity index (χ2v) is 3.11. The van der Waals surface area contributed by atoms with E-state index in [4.69, 9.17) is 11.0 Å². The highest BCUT2D eigenvalue weighted by molar-refractivity contribution is 5.74. The number of nitriles is 1. The second kappa shape index (κ2) is 5.89. The van der Waals surface area contributed by atoms with Crippen LogP contribution < -0.4 is 11.2 Å². The summed E-state index contributed by atoms with van der Waals surface area (Å²) in [6.07, 6.45) is 0. The van der Waals surface area contributed by atoms with Gasteiger partial charge in [-0.1, -0.05) is 0 Å². The van der Waals surface area contributed by atoms with E-state index in [1.54, 1.807) is 6.07 Å². The quantitative estimate of drug-likeness (QED) is 0.574. The predicted octanol–water partition coefficient (Wildman–Crippen LogP) is 0.343. The van der Waals surface area contributed by atoms with Gasteiger partial charge < -0.3 is 5.73 Å². The van der Waals surface area contributed by atoms with Crippen LogP contribution in [0.2, 0.25) is 0 Å². The molecule has 7 heteroatoms. The molecule has 0 bridgehead atoms. The van der Waals surface area contributed by atoms with Gasteiger partial charge in [-0.3, -0.25) is 9.63 Å². The van der Waals surface area contributed by atoms with Gasteiger partial charge in [0.1, 0.15) is 18.2 Å². The summed E-state index contributed by atoms with van der Waals surface area (Å²) < 4.78 is 26.6. The maximum Gasteiger partial charge on any atom is 0.245 e. The summed E-state index contributed by atoms with van der Waals surface area (Å²) in [7, 11) is 0. The summed E-state index contributed by atoms with van der Waals surface area (Å²) in [6.45, 7) is -0.684. The van der Waals surface area contributed by atoms with Crippen LogP contribution in [0.5, 0.6) is 0 Å². The van der Waals surface area contributed by atoms with Crippen molar-refractivity contribution < 1.29 is 18.4 Å². The van der Waals surface area contributed by atoms with Crippen LogP contribution in [0.3, 0.4) is 0 Å². The summed E-state index contributed by atoms with van der Waals surface area (Å²) >= 11 is 0. The largest absolute Gasteiger partial charge is 0.368 e. The van der Waals surface area contributed by atoms with Crippen LogP contribution in [0.4, 0.5) is 8.78 Å². The molecule has 5 nitrogen and oxygen atoms in total. The Kier molecular flexibility index (Phi) is 4.51. The van der Waals surface area contributed by atoms with E-state index in [0.717, 1.165) is 12.1 Å². The SMILES string of the molecule is N#Cc1cc(F)c(CNOCC(N)=O)c(F)c1. The van der Waals surface area contributed by atoms with Crippen LogP contribution in [-0.4, -0.2) is 12.5 Å². The van der Waals surface area contributed by atoms with Crippen molar-refractivity contribution in [3.05, 3.63) is 34.9 Å². The van der Waals surface area contributed by atoms with E-state index in [-0.39, 0.29) is 17.7 Å². The molecule has 17 heavy (non-hydrogen) atoms. The third-order valence-electron chi connectivity index (χ3n) is 1.84. The van der Waals surface area contributed by atoms with E-state index >= 15 is 0 Å². The maximum atomic E-state index is 13.3. The number of hydroxylamine groups is 1. The molecular formula is C10H9F2N3O2. The van der Waals surface area contributed by atoms with E-state index in [0.29, 0.717) is 0 Å². The van der Waals surface area contributed by atoms with E-state index in [2.05, 4.69) is 10.3 Å². The Labute approximate surface area is 95.7 Å². The van der Waals surface area contributed by atoms with Crippen molar-refractivity contribution in [2.24, 2.45) is 5.73 Å². The molecule has 1 aromatic rings. The topological polar surface area (TPSA) is 88.1 Å². The number of carbonyl (C=O) groups excluding carboxylic acids is 1. The van der Waals surface area contributed by atoms with Crippen molar-refractivity contribution in [2.75, 3.05) is 6.61 Å². The van der Waals surface area contributed by atoms with Gasteiger partial charge in [-0.2, -0.15) is 10.7 Å². The highest BCUT2D eigenvalue weighted by Gasteiger charge is 2.11. The average molecular weight is 241 g/mol. The van der Waals surface area contributed by atoms with E-state index in [9.17, 15) is 13.6 Å². The third-order valence-corrected chi connectivity index (χ3v) is 1.84. The van der Waals surface area contributed by atoms with Crippen LogP contribution in [-0.2, 0) is 16.2 Å². The van der Waals surface area contributed by atoms with Gasteiger partial charge >= 0.3 is 0 Å². The molecule has 0 spiro atoms. The zero-order chi connectivity index (χ0) is 12.8. The fraction of sp³-hybridized carbons (Fsp3) is 0.200. The van der Waals surface area contributed by atoms with Crippen molar-refractivity contribution in [1.82, 2.24) is 5.48 Å². The zero-order valence-corrected chi connectivity index (χ0v) is 8.67. The Balaban J connectivity index is 2.66. The van der Waals surface area contributed by atoms with Crippen molar-refractivity contribution in [2.45, 2.75) is 6.54 Å². The minimum Gasteiger partial charge on any atom is -0.368 e. The smallest absolute Gasteiger partial charge is 0.245 e. The normalized spacial score (nSPS) is 9.94. The zero-order valence-electron chi connectivity index (χ0n) is 8.67. The van der Waals surface area contributed by atoms with Crippen LogP contribution >= 0.6 is 0 Å². The Morgan fingerprint density at radius 1 is 1.47 bits per heavy atom. The lowest BCUT2D eigenvalue weighted by Crippen LogP contribution is -2.25. The molecule has 0 aliphatic heterocycles. The Morgan fingerprint density at radius 3 is 2.53 bits per heavy atom. The van der Waals surface area contributed by atoms with E-state index < -0.39 is 24.1 Å². The number of carbonyl (C=O) groups is 1. The number of hydrogen-bond donors (Lipinski definition) is 2. The van der Waals surface area contributed by atoms with Crippen LogP contribution in [0.25, 0.3) is 0 Å². The number of amides is 1. The molecule has 0 radical (unpaired) electrons. The molecule has 3 N–H and O–H groups in total. The van der Waals surface area contributed by atoms with Crippen molar-refractivity contribution in [1.29, 1.82) is 5.26 Å². The molecule has 0 saturated heterocycles. The maximum absolute atomic E-state index is 13.3. The lowest BCUT2D eigenvalue weighted by molar-refractivity contribution is -0.125. The van der Waals surface area contributed by atoms with Crippen LogP contribution in [0, 0.1) is 23.0 Å². The first-order valence-electron chi connectivity index (χ1n) is 4.55. The number of benzene rings is 1. The molecule has 0 aromatic heterocycles. The fourth-order valence-corrected chi connectivity index (χ4v) is 1.08. The standard InChI is InChI=1S/C10H9F2N3O2/c11-8-1-6(3-13)2-9(12)7(8)4-15-17-5-10(14)16/h1-2,15H,4-5H2,(H2,14,16). The van der Waals surface area contributed by atoms with Gasteiger partial charge in [-0.25, -0.2) is 8.78 Å². The molecule has 1 aromatic carbocycles. The van der Waals surface area contributed by atoms with Crippen molar-refractivity contribution >= 4 is 5.91 Å². The van der Waals surface area contributed by atoms with Gasteiger partial charge in [0.05, 0.1) is 18.2 Å². The third kappa shape index (κ3) is 3.79. The van der Waals surface area contributed by atoms with Crippen LogP contribution in [0.15, 0.2) is 12.1 Å². The summed E-state index contributed by atoms with van der Waals surface area (Å²) in [4.78, 5) is 14.8. The molecule has 0 saturated carbocycles. The predicted molar refractivity (Wildman–Crippen MR) is 53.1 cm³/mol. The van der Waals surface area contributed by atoms with Gasteiger partial charge in [-0.15, -0.1) is 0 Å². The first kappa shape index (κ1) is 13.0. The molecule has 0 aliphatic carbocycles. The summed E-state index contributed by atoms with van der Waals surface area (Å²) in [5, 5.41) is 8.48. The Morgan fingerprint density at radius 2 is 2.06 bits per heavy atom. The Bertz CT molecular complexity index is 448. The van der Waals surface area contributed by atoms with Gasteiger partial charge in [0.25, 0.3) is 0 Å². The number of primary amides is 1. The molecule has 0 fully saturated rings. The minimum atomic E-state index is -0.864. The van der Waals surface area contributed by atoms with Gasteiger partial charge in [0.2, 0.25) is 5.91 Å². The molecule has 1 rings (SSSR count). The summed E-state index contributed by atoms with van der Waals surface area (Å²) in [5.41, 5.74) is 6.58. The first-order chi connectivity index (χ1) is 8.04. The number of halogens is 2. The number of nitrogens with zero attached hydrogens (tertiary/aromatic N) is 1. The molecule has 1 amide bonds. The first-order valence-corrected chi connectivity index (χ1v) is 4.55. The Hall–Kier alpha value is -2.04. The number of hydrogen-bond acceptors (Lipinski definition) is 4.